The highest BCUT2D eigenvalue weighted by Crippen LogP contribution is 2.40. The standard InChI is InChI=1S/C12H15NO3S/c1-2-3-4-5-8-6-9(12(15)16)13-10(14)7-11(13)17-8/h4-6,8,11H,2-3,7H2,1H3,(H,15,16)/b5-4-/t8?,11-/m1/s1. The van der Waals surface area contributed by atoms with E-state index in [1.165, 1.54) is 4.90 Å². The molecule has 0 aromatic heterocycles. The molecule has 0 bridgehead atoms. The summed E-state index contributed by atoms with van der Waals surface area (Å²) in [5.41, 5.74) is 0.135. The monoisotopic (exact) mass is 253 g/mol. The molecule has 0 aliphatic carbocycles. The average molecular weight is 253 g/mol. The van der Waals surface area contributed by atoms with Crippen LogP contribution in [-0.4, -0.2) is 32.5 Å². The third-order valence-corrected chi connectivity index (χ3v) is 4.10. The fourth-order valence-electron chi connectivity index (χ4n) is 1.91. The van der Waals surface area contributed by atoms with Crippen LogP contribution in [0.5, 0.6) is 0 Å². The fraction of sp³-hybridized carbons (Fsp3) is 0.500. The molecule has 2 rings (SSSR count). The van der Waals surface area contributed by atoms with Gasteiger partial charge in [0.1, 0.15) is 5.70 Å². The zero-order valence-corrected chi connectivity index (χ0v) is 10.4. The van der Waals surface area contributed by atoms with Gasteiger partial charge in [0.2, 0.25) is 5.91 Å². The van der Waals surface area contributed by atoms with Crippen LogP contribution in [0.25, 0.3) is 0 Å². The number of allylic oxidation sites excluding steroid dienone is 1. The Kier molecular flexibility index (Phi) is 3.57. The lowest BCUT2D eigenvalue weighted by molar-refractivity contribution is -0.146. The number of hydrogen-bond donors (Lipinski definition) is 1. The number of aliphatic carboxylic acids is 1. The van der Waals surface area contributed by atoms with Gasteiger partial charge in [-0.2, -0.15) is 0 Å². The van der Waals surface area contributed by atoms with Crippen molar-refractivity contribution in [3.05, 3.63) is 23.9 Å². The van der Waals surface area contributed by atoms with Crippen LogP contribution in [-0.2, 0) is 9.59 Å². The van der Waals surface area contributed by atoms with Crippen LogP contribution in [0.2, 0.25) is 0 Å². The molecule has 17 heavy (non-hydrogen) atoms. The summed E-state index contributed by atoms with van der Waals surface area (Å²) in [4.78, 5) is 23.8. The van der Waals surface area contributed by atoms with Crippen molar-refractivity contribution in [2.45, 2.75) is 36.8 Å². The molecule has 5 heteroatoms. The van der Waals surface area contributed by atoms with E-state index in [1.54, 1.807) is 17.8 Å². The van der Waals surface area contributed by atoms with Crippen LogP contribution in [0.3, 0.4) is 0 Å². The highest BCUT2D eigenvalue weighted by Gasteiger charge is 2.44. The van der Waals surface area contributed by atoms with Crippen LogP contribution in [0.1, 0.15) is 26.2 Å². The highest BCUT2D eigenvalue weighted by atomic mass is 32.2. The minimum atomic E-state index is -1.02. The van der Waals surface area contributed by atoms with Crippen molar-refractivity contribution in [1.29, 1.82) is 0 Å². The number of unbranched alkanes of at least 4 members (excludes halogenated alkanes) is 1. The zero-order chi connectivity index (χ0) is 12.4. The molecule has 1 saturated heterocycles. The molecule has 92 valence electrons. The minimum Gasteiger partial charge on any atom is -0.477 e. The fourth-order valence-corrected chi connectivity index (χ4v) is 3.28. The van der Waals surface area contributed by atoms with Crippen LogP contribution < -0.4 is 0 Å². The molecule has 2 heterocycles. The SMILES string of the molecule is CCC/C=C\C1C=C(C(=O)O)N2C(=O)C[C@H]2S1. The second kappa shape index (κ2) is 4.96. The van der Waals surface area contributed by atoms with E-state index in [-0.39, 0.29) is 22.2 Å². The van der Waals surface area contributed by atoms with E-state index in [1.807, 2.05) is 6.08 Å². The second-order valence-corrected chi connectivity index (χ2v) is 5.46. The molecule has 4 nitrogen and oxygen atoms in total. The summed E-state index contributed by atoms with van der Waals surface area (Å²) >= 11 is 1.64. The van der Waals surface area contributed by atoms with Gasteiger partial charge in [0.05, 0.1) is 11.8 Å². The molecule has 1 amide bonds. The van der Waals surface area contributed by atoms with Gasteiger partial charge in [0.15, 0.2) is 0 Å². The number of rotatable bonds is 4. The zero-order valence-electron chi connectivity index (χ0n) is 9.63. The van der Waals surface area contributed by atoms with E-state index in [9.17, 15) is 9.59 Å². The van der Waals surface area contributed by atoms with Gasteiger partial charge in [-0.3, -0.25) is 9.69 Å². The van der Waals surface area contributed by atoms with Gasteiger partial charge >= 0.3 is 5.97 Å². The average Bonchev–Trinajstić information content (AvgIpc) is 2.27. The molecule has 0 radical (unpaired) electrons. The van der Waals surface area contributed by atoms with Crippen LogP contribution in [0, 0.1) is 0 Å². The van der Waals surface area contributed by atoms with E-state index in [2.05, 4.69) is 13.0 Å². The van der Waals surface area contributed by atoms with Crippen molar-refractivity contribution in [3.8, 4) is 0 Å². The molecule has 2 atom stereocenters. The number of hydrogen-bond acceptors (Lipinski definition) is 3. The topological polar surface area (TPSA) is 57.6 Å². The van der Waals surface area contributed by atoms with E-state index in [0.29, 0.717) is 6.42 Å². The van der Waals surface area contributed by atoms with Crippen LogP contribution in [0.4, 0.5) is 0 Å². The molecular formula is C12H15NO3S. The Morgan fingerprint density at radius 3 is 3.06 bits per heavy atom. The maximum absolute atomic E-state index is 11.3. The molecule has 2 aliphatic rings. The lowest BCUT2D eigenvalue weighted by Gasteiger charge is -2.43. The number of amides is 1. The summed E-state index contributed by atoms with van der Waals surface area (Å²) in [5, 5.41) is 9.15. The summed E-state index contributed by atoms with van der Waals surface area (Å²) < 4.78 is 0. The minimum absolute atomic E-state index is 0.00914. The molecule has 0 spiro atoms. The smallest absolute Gasteiger partial charge is 0.352 e. The number of carboxylic acids is 1. The van der Waals surface area contributed by atoms with Gasteiger partial charge in [-0.1, -0.05) is 25.5 Å². The lowest BCUT2D eigenvalue weighted by atomic mass is 10.1. The molecule has 0 aromatic rings. The van der Waals surface area contributed by atoms with Crippen molar-refractivity contribution in [2.75, 3.05) is 0 Å². The predicted octanol–water partition coefficient (Wildman–Crippen LogP) is 1.99. The Morgan fingerprint density at radius 2 is 2.47 bits per heavy atom. The molecule has 1 unspecified atom stereocenters. The van der Waals surface area contributed by atoms with Crippen LogP contribution >= 0.6 is 11.8 Å². The van der Waals surface area contributed by atoms with Gasteiger partial charge in [0.25, 0.3) is 0 Å². The van der Waals surface area contributed by atoms with Crippen LogP contribution in [0.15, 0.2) is 23.9 Å². The van der Waals surface area contributed by atoms with Crippen molar-refractivity contribution in [3.63, 3.8) is 0 Å². The normalized spacial score (nSPS) is 27.7. The van der Waals surface area contributed by atoms with Crippen molar-refractivity contribution < 1.29 is 14.7 Å². The highest BCUT2D eigenvalue weighted by molar-refractivity contribution is 8.01. The number of thioether (sulfide) groups is 1. The summed E-state index contributed by atoms with van der Waals surface area (Å²) in [6.45, 7) is 2.10. The van der Waals surface area contributed by atoms with Gasteiger partial charge in [-0.15, -0.1) is 11.8 Å². The van der Waals surface area contributed by atoms with E-state index in [4.69, 9.17) is 5.11 Å². The van der Waals surface area contributed by atoms with E-state index < -0.39 is 5.97 Å². The Morgan fingerprint density at radius 1 is 1.71 bits per heavy atom. The third kappa shape index (κ3) is 2.39. The maximum atomic E-state index is 11.3. The molecule has 0 aromatic carbocycles. The summed E-state index contributed by atoms with van der Waals surface area (Å²) in [5.74, 6) is -1.11. The maximum Gasteiger partial charge on any atom is 0.352 e. The summed E-state index contributed by atoms with van der Waals surface area (Å²) in [7, 11) is 0. The Bertz CT molecular complexity index is 403. The number of carboxylic acid groups (broad SMARTS) is 1. The van der Waals surface area contributed by atoms with E-state index >= 15 is 0 Å². The summed E-state index contributed by atoms with van der Waals surface area (Å²) in [6, 6.07) is 0. The number of fused-ring (bicyclic) bond motifs is 1. The molecule has 0 saturated carbocycles. The molecule has 1 N–H and O–H groups in total. The van der Waals surface area contributed by atoms with Crippen molar-refractivity contribution in [2.24, 2.45) is 0 Å². The third-order valence-electron chi connectivity index (χ3n) is 2.80. The van der Waals surface area contributed by atoms with Gasteiger partial charge < -0.3 is 5.11 Å². The second-order valence-electron chi connectivity index (χ2n) is 4.10. The summed E-state index contributed by atoms with van der Waals surface area (Å²) in [6.07, 6.45) is 8.29. The van der Waals surface area contributed by atoms with Crippen molar-refractivity contribution >= 4 is 23.6 Å². The predicted molar refractivity (Wildman–Crippen MR) is 66.4 cm³/mol. The number of carbonyl (C=O) groups excluding carboxylic acids is 1. The number of nitrogens with zero attached hydrogens (tertiary/aromatic N) is 1. The number of carbonyl (C=O) groups is 2. The molecular weight excluding hydrogens is 238 g/mol. The van der Waals surface area contributed by atoms with Gasteiger partial charge in [-0.05, 0) is 12.5 Å². The Labute approximate surface area is 104 Å². The van der Waals surface area contributed by atoms with Gasteiger partial charge in [-0.25, -0.2) is 4.79 Å². The Balaban J connectivity index is 2.14. The first-order valence-corrected chi connectivity index (χ1v) is 6.67. The number of β-lactam (4-membered cyclic amide) rings is 1. The lowest BCUT2D eigenvalue weighted by Crippen LogP contribution is -2.53. The van der Waals surface area contributed by atoms with Crippen molar-refractivity contribution in [1.82, 2.24) is 4.90 Å². The Hall–Kier alpha value is -1.23. The first-order chi connectivity index (χ1) is 8.13. The quantitative estimate of drug-likeness (QED) is 0.615. The first-order valence-electron chi connectivity index (χ1n) is 5.72. The molecule has 2 aliphatic heterocycles. The van der Waals surface area contributed by atoms with Gasteiger partial charge in [0, 0.05) is 5.25 Å². The first kappa shape index (κ1) is 12.2. The molecule has 1 fully saturated rings. The largest absolute Gasteiger partial charge is 0.477 e. The van der Waals surface area contributed by atoms with E-state index in [0.717, 1.165) is 12.8 Å².